The van der Waals surface area contributed by atoms with Crippen LogP contribution in [0.3, 0.4) is 0 Å². The van der Waals surface area contributed by atoms with Gasteiger partial charge in [-0.25, -0.2) is 0 Å². The van der Waals surface area contributed by atoms with Gasteiger partial charge in [-0.05, 0) is 28.3 Å². The third-order valence-corrected chi connectivity index (χ3v) is 5.18. The van der Waals surface area contributed by atoms with Gasteiger partial charge in [-0.15, -0.1) is 0 Å². The van der Waals surface area contributed by atoms with E-state index in [4.69, 9.17) is 11.6 Å². The van der Waals surface area contributed by atoms with Gasteiger partial charge in [-0.3, -0.25) is 0 Å². The van der Waals surface area contributed by atoms with Gasteiger partial charge in [0.2, 0.25) is 0 Å². The van der Waals surface area contributed by atoms with Crippen LogP contribution in [0, 0.1) is 11.3 Å². The number of allylic oxidation sites excluding steroid dienone is 1. The quantitative estimate of drug-likeness (QED) is 0.261. The second kappa shape index (κ2) is 8.61. The molecule has 0 saturated carbocycles. The van der Waals surface area contributed by atoms with Crippen LogP contribution >= 0.6 is 11.6 Å². The lowest BCUT2D eigenvalue weighted by Crippen LogP contribution is -1.95. The van der Waals surface area contributed by atoms with Crippen LogP contribution in [-0.2, 0) is 0 Å². The first-order valence-electron chi connectivity index (χ1n) is 9.38. The molecular weight excluding hydrogens is 374 g/mol. The van der Waals surface area contributed by atoms with E-state index in [9.17, 15) is 5.26 Å². The summed E-state index contributed by atoms with van der Waals surface area (Å²) in [6, 6.07) is 38.3. The highest BCUT2D eigenvalue weighted by Gasteiger charge is 2.16. The Kier molecular flexibility index (Phi) is 5.56. The monoisotopic (exact) mass is 391 g/mol. The third-order valence-electron chi connectivity index (χ3n) is 4.85. The molecule has 138 valence electrons. The molecule has 0 aromatic heterocycles. The van der Waals surface area contributed by atoms with Gasteiger partial charge in [0.15, 0.2) is 0 Å². The van der Waals surface area contributed by atoms with Gasteiger partial charge in [0.1, 0.15) is 6.07 Å². The number of hydrogen-bond acceptors (Lipinski definition) is 1. The van der Waals surface area contributed by atoms with E-state index in [1.165, 1.54) is 0 Å². The molecule has 4 aromatic rings. The van der Waals surface area contributed by atoms with Crippen molar-refractivity contribution in [2.24, 2.45) is 0 Å². The summed E-state index contributed by atoms with van der Waals surface area (Å²) in [7, 11) is 0. The fourth-order valence-corrected chi connectivity index (χ4v) is 3.66. The number of hydrogen-bond donors (Lipinski definition) is 0. The number of benzene rings is 4. The van der Waals surface area contributed by atoms with Gasteiger partial charge >= 0.3 is 0 Å². The van der Waals surface area contributed by atoms with Crippen LogP contribution in [0.2, 0.25) is 5.02 Å². The summed E-state index contributed by atoms with van der Waals surface area (Å²) in [4.78, 5) is 0. The highest BCUT2D eigenvalue weighted by molar-refractivity contribution is 6.33. The van der Waals surface area contributed by atoms with Crippen LogP contribution in [0.1, 0.15) is 16.7 Å². The molecule has 0 fully saturated rings. The zero-order chi connectivity index (χ0) is 20.1. The molecule has 0 amide bonds. The average Bonchev–Trinajstić information content (AvgIpc) is 2.79. The van der Waals surface area contributed by atoms with Crippen molar-refractivity contribution in [3.8, 4) is 17.2 Å². The van der Waals surface area contributed by atoms with Crippen molar-refractivity contribution in [1.29, 1.82) is 5.26 Å². The minimum absolute atomic E-state index is 0.603. The minimum Gasteiger partial charge on any atom is -0.192 e. The molecule has 0 radical (unpaired) electrons. The van der Waals surface area contributed by atoms with Crippen molar-refractivity contribution in [3.63, 3.8) is 0 Å². The molecule has 29 heavy (non-hydrogen) atoms. The Hall–Kier alpha value is -3.60. The standard InChI is InChI=1S/C27H18ClN/c28-26-14-8-7-13-24(26)27(25(19-29)22-11-5-2-6-12-22)23-17-15-21(16-18-23)20-9-3-1-4-10-20/h1-18H/b27-25-. The number of halogens is 1. The Balaban J connectivity index is 1.91. The fourth-order valence-electron chi connectivity index (χ4n) is 3.43. The topological polar surface area (TPSA) is 23.8 Å². The first-order chi connectivity index (χ1) is 14.3. The van der Waals surface area contributed by atoms with Crippen molar-refractivity contribution in [2.45, 2.75) is 0 Å². The number of nitriles is 1. The summed E-state index contributed by atoms with van der Waals surface area (Å²) >= 11 is 6.54. The molecule has 0 unspecified atom stereocenters. The second-order valence-corrected chi connectivity index (χ2v) is 7.06. The van der Waals surface area contributed by atoms with Crippen molar-refractivity contribution >= 4 is 22.7 Å². The zero-order valence-corrected chi connectivity index (χ0v) is 16.5. The highest BCUT2D eigenvalue weighted by atomic mass is 35.5. The predicted octanol–water partition coefficient (Wildman–Crippen LogP) is 7.49. The van der Waals surface area contributed by atoms with E-state index >= 15 is 0 Å². The molecule has 0 atom stereocenters. The summed E-state index contributed by atoms with van der Waals surface area (Å²) in [5, 5.41) is 10.7. The molecule has 4 aromatic carbocycles. The maximum atomic E-state index is 10.0. The van der Waals surface area contributed by atoms with Crippen LogP contribution in [0.15, 0.2) is 109 Å². The summed E-state index contributed by atoms with van der Waals surface area (Å²) in [5.41, 5.74) is 6.41. The van der Waals surface area contributed by atoms with Gasteiger partial charge in [0.25, 0.3) is 0 Å². The van der Waals surface area contributed by atoms with E-state index in [1.807, 2.05) is 72.8 Å². The van der Waals surface area contributed by atoms with Gasteiger partial charge in [0.05, 0.1) is 5.57 Å². The van der Waals surface area contributed by atoms with E-state index < -0.39 is 0 Å². The van der Waals surface area contributed by atoms with Crippen molar-refractivity contribution < 1.29 is 0 Å². The molecule has 4 rings (SSSR count). The van der Waals surface area contributed by atoms with Gasteiger partial charge < -0.3 is 0 Å². The lowest BCUT2D eigenvalue weighted by atomic mass is 9.89. The molecule has 1 nitrogen and oxygen atoms in total. The minimum atomic E-state index is 0.603. The molecule has 0 spiro atoms. The summed E-state index contributed by atoms with van der Waals surface area (Å²) in [5.74, 6) is 0. The molecule has 0 aliphatic carbocycles. The molecule has 2 heteroatoms. The van der Waals surface area contributed by atoms with Crippen LogP contribution in [0.4, 0.5) is 0 Å². The predicted molar refractivity (Wildman–Crippen MR) is 121 cm³/mol. The Labute approximate surface area is 176 Å². The smallest absolute Gasteiger partial charge is 0.100 e. The van der Waals surface area contributed by atoms with Crippen molar-refractivity contribution in [3.05, 3.63) is 131 Å². The molecule has 0 bridgehead atoms. The Morgan fingerprint density at radius 2 is 1.14 bits per heavy atom. The van der Waals surface area contributed by atoms with Gasteiger partial charge in [-0.2, -0.15) is 5.26 Å². The molecule has 0 N–H and O–H groups in total. The fraction of sp³-hybridized carbons (Fsp3) is 0. The first-order valence-corrected chi connectivity index (χ1v) is 9.76. The van der Waals surface area contributed by atoms with Crippen LogP contribution in [0.5, 0.6) is 0 Å². The summed E-state index contributed by atoms with van der Waals surface area (Å²) < 4.78 is 0. The van der Waals surface area contributed by atoms with Gasteiger partial charge in [0, 0.05) is 16.2 Å². The van der Waals surface area contributed by atoms with E-state index in [-0.39, 0.29) is 0 Å². The second-order valence-electron chi connectivity index (χ2n) is 6.65. The first kappa shape index (κ1) is 18.7. The van der Waals surface area contributed by atoms with Crippen LogP contribution in [-0.4, -0.2) is 0 Å². The third kappa shape index (κ3) is 3.99. The van der Waals surface area contributed by atoms with Crippen LogP contribution in [0.25, 0.3) is 22.3 Å². The van der Waals surface area contributed by atoms with E-state index in [0.29, 0.717) is 10.6 Å². The number of rotatable bonds is 4. The van der Waals surface area contributed by atoms with Crippen molar-refractivity contribution in [1.82, 2.24) is 0 Å². The maximum Gasteiger partial charge on any atom is 0.100 e. The molecular formula is C27H18ClN. The highest BCUT2D eigenvalue weighted by Crippen LogP contribution is 2.36. The van der Waals surface area contributed by atoms with E-state index in [2.05, 4.69) is 42.5 Å². The Morgan fingerprint density at radius 3 is 1.76 bits per heavy atom. The number of nitrogens with zero attached hydrogens (tertiary/aromatic N) is 1. The molecule has 0 heterocycles. The van der Waals surface area contributed by atoms with Crippen molar-refractivity contribution in [2.75, 3.05) is 0 Å². The van der Waals surface area contributed by atoms with E-state index in [1.54, 1.807) is 0 Å². The Bertz CT molecular complexity index is 1180. The molecule has 0 aliphatic rings. The van der Waals surface area contributed by atoms with Gasteiger partial charge in [-0.1, -0.05) is 115 Å². The normalized spacial score (nSPS) is 11.4. The van der Waals surface area contributed by atoms with E-state index in [0.717, 1.165) is 33.4 Å². The molecule has 0 saturated heterocycles. The zero-order valence-electron chi connectivity index (χ0n) is 15.7. The lowest BCUT2D eigenvalue weighted by Gasteiger charge is -2.14. The largest absolute Gasteiger partial charge is 0.192 e. The summed E-state index contributed by atoms with van der Waals surface area (Å²) in [6.45, 7) is 0. The molecule has 0 aliphatic heterocycles. The summed E-state index contributed by atoms with van der Waals surface area (Å²) in [6.07, 6.45) is 0. The lowest BCUT2D eigenvalue weighted by molar-refractivity contribution is 1.49. The Morgan fingerprint density at radius 1 is 0.586 bits per heavy atom. The SMILES string of the molecule is N#C/C(=C(\c1ccc(-c2ccccc2)cc1)c1ccccc1Cl)c1ccccc1. The maximum absolute atomic E-state index is 10.0. The van der Waals surface area contributed by atoms with Crippen LogP contribution < -0.4 is 0 Å². The average molecular weight is 392 g/mol.